The van der Waals surface area contributed by atoms with Gasteiger partial charge >= 0.3 is 0 Å². The summed E-state index contributed by atoms with van der Waals surface area (Å²) in [5.41, 5.74) is 1.35. The van der Waals surface area contributed by atoms with Crippen molar-refractivity contribution in [2.75, 3.05) is 6.54 Å². The van der Waals surface area contributed by atoms with Gasteiger partial charge in [0.15, 0.2) is 5.69 Å². The second-order valence-electron chi connectivity index (χ2n) is 5.99. The zero-order valence-electron chi connectivity index (χ0n) is 14.6. The molecule has 27 heavy (non-hydrogen) atoms. The summed E-state index contributed by atoms with van der Waals surface area (Å²) in [5.74, 6) is -0.880. The molecule has 2 aromatic carbocycles. The number of benzene rings is 2. The molecular weight excluding hydrogens is 369 g/mol. The van der Waals surface area contributed by atoms with Gasteiger partial charge in [-0.3, -0.25) is 9.59 Å². The van der Waals surface area contributed by atoms with Gasteiger partial charge in [-0.05, 0) is 43.2 Å². The van der Waals surface area contributed by atoms with Crippen LogP contribution in [0.2, 0.25) is 5.02 Å². The number of carbonyl (C=O) groups excluding carboxylic acids is 1. The third-order valence-electron chi connectivity index (χ3n) is 4.02. The van der Waals surface area contributed by atoms with Crippen LogP contribution in [0.4, 0.5) is 4.39 Å². The normalized spacial score (nSPS) is 10.6. The van der Waals surface area contributed by atoms with Crippen molar-refractivity contribution in [1.29, 1.82) is 0 Å². The number of aryl methyl sites for hydroxylation is 1. The Hall–Kier alpha value is -2.99. The van der Waals surface area contributed by atoms with Gasteiger partial charge in [0.1, 0.15) is 5.82 Å². The molecule has 0 aliphatic heterocycles. The molecule has 0 saturated carbocycles. The van der Waals surface area contributed by atoms with Crippen LogP contribution >= 0.6 is 11.6 Å². The van der Waals surface area contributed by atoms with Crippen LogP contribution in [0.1, 0.15) is 21.7 Å². The summed E-state index contributed by atoms with van der Waals surface area (Å²) in [7, 11) is 0. The third-order valence-corrected chi connectivity index (χ3v) is 4.34. The molecule has 0 unspecified atom stereocenters. The Kier molecular flexibility index (Phi) is 5.66. The van der Waals surface area contributed by atoms with Crippen LogP contribution < -0.4 is 10.7 Å². The van der Waals surface area contributed by atoms with Gasteiger partial charge in [0.05, 0.1) is 10.7 Å². The van der Waals surface area contributed by atoms with Gasteiger partial charge in [0, 0.05) is 18.3 Å². The summed E-state index contributed by atoms with van der Waals surface area (Å²) >= 11 is 6.20. The summed E-state index contributed by atoms with van der Waals surface area (Å²) in [4.78, 5) is 24.6. The largest absolute Gasteiger partial charge is 0.350 e. The van der Waals surface area contributed by atoms with E-state index in [0.29, 0.717) is 29.4 Å². The highest BCUT2D eigenvalue weighted by Crippen LogP contribution is 2.19. The van der Waals surface area contributed by atoms with Crippen molar-refractivity contribution in [3.63, 3.8) is 0 Å². The molecule has 5 nitrogen and oxygen atoms in total. The maximum absolute atomic E-state index is 12.9. The second kappa shape index (κ2) is 8.14. The summed E-state index contributed by atoms with van der Waals surface area (Å²) in [6.07, 6.45) is 0.511. The van der Waals surface area contributed by atoms with Gasteiger partial charge in [0.25, 0.3) is 5.91 Å². The maximum Gasteiger partial charge on any atom is 0.275 e. The molecule has 7 heteroatoms. The van der Waals surface area contributed by atoms with E-state index in [1.54, 1.807) is 43.3 Å². The summed E-state index contributed by atoms with van der Waals surface area (Å²) in [6.45, 7) is 2.01. The first-order valence-electron chi connectivity index (χ1n) is 8.34. The van der Waals surface area contributed by atoms with Gasteiger partial charge in [-0.2, -0.15) is 5.10 Å². The Morgan fingerprint density at radius 2 is 1.89 bits per heavy atom. The van der Waals surface area contributed by atoms with Crippen molar-refractivity contribution in [3.8, 4) is 5.69 Å². The van der Waals surface area contributed by atoms with Crippen LogP contribution in [-0.2, 0) is 6.42 Å². The van der Waals surface area contributed by atoms with Gasteiger partial charge < -0.3 is 5.32 Å². The Morgan fingerprint density at radius 1 is 1.19 bits per heavy atom. The van der Waals surface area contributed by atoms with E-state index in [9.17, 15) is 14.0 Å². The van der Waals surface area contributed by atoms with Crippen LogP contribution in [0.5, 0.6) is 0 Å². The highest BCUT2D eigenvalue weighted by molar-refractivity contribution is 6.32. The van der Waals surface area contributed by atoms with Crippen LogP contribution in [0, 0.1) is 12.7 Å². The Balaban J connectivity index is 1.78. The molecule has 1 heterocycles. The van der Waals surface area contributed by atoms with Crippen molar-refractivity contribution in [3.05, 3.63) is 92.6 Å². The van der Waals surface area contributed by atoms with Gasteiger partial charge in [-0.15, -0.1) is 0 Å². The quantitative estimate of drug-likeness (QED) is 0.732. The highest BCUT2D eigenvalue weighted by atomic mass is 35.5. The molecule has 0 aliphatic rings. The van der Waals surface area contributed by atoms with Crippen LogP contribution in [0.25, 0.3) is 5.69 Å². The number of amides is 1. The van der Waals surface area contributed by atoms with Crippen molar-refractivity contribution >= 4 is 17.5 Å². The summed E-state index contributed by atoms with van der Waals surface area (Å²) < 4.78 is 14.4. The van der Waals surface area contributed by atoms with Gasteiger partial charge in [0.2, 0.25) is 5.43 Å². The Morgan fingerprint density at radius 3 is 2.59 bits per heavy atom. The van der Waals surface area contributed by atoms with E-state index in [4.69, 9.17) is 11.6 Å². The number of nitrogens with zero attached hydrogens (tertiary/aromatic N) is 2. The number of rotatable bonds is 5. The van der Waals surface area contributed by atoms with E-state index in [-0.39, 0.29) is 11.5 Å². The fourth-order valence-corrected chi connectivity index (χ4v) is 2.84. The fourth-order valence-electron chi connectivity index (χ4n) is 2.63. The molecule has 1 N–H and O–H groups in total. The lowest BCUT2D eigenvalue weighted by atomic mass is 10.1. The molecular formula is C20H17ClFN3O2. The molecule has 3 rings (SSSR count). The Labute approximate surface area is 160 Å². The number of nitrogens with one attached hydrogen (secondary N) is 1. The van der Waals surface area contributed by atoms with Gasteiger partial charge in [-0.1, -0.05) is 35.9 Å². The lowest BCUT2D eigenvalue weighted by Crippen LogP contribution is -2.33. The molecule has 0 spiro atoms. The van der Waals surface area contributed by atoms with Crippen molar-refractivity contribution in [2.24, 2.45) is 0 Å². The molecule has 0 radical (unpaired) electrons. The van der Waals surface area contributed by atoms with Crippen molar-refractivity contribution < 1.29 is 9.18 Å². The summed E-state index contributed by atoms with van der Waals surface area (Å²) in [6, 6.07) is 14.4. The predicted molar refractivity (Wildman–Crippen MR) is 102 cm³/mol. The number of hydrogen-bond acceptors (Lipinski definition) is 3. The van der Waals surface area contributed by atoms with E-state index < -0.39 is 11.3 Å². The minimum Gasteiger partial charge on any atom is -0.350 e. The molecule has 0 aliphatic carbocycles. The average Bonchev–Trinajstić information content (AvgIpc) is 2.64. The molecule has 0 saturated heterocycles. The SMILES string of the molecule is Cc1cc(=O)c(C(=O)NCCc2ccc(F)cc2)nn1-c1ccccc1Cl. The highest BCUT2D eigenvalue weighted by Gasteiger charge is 2.16. The van der Waals surface area contributed by atoms with Crippen molar-refractivity contribution in [1.82, 2.24) is 15.1 Å². The topological polar surface area (TPSA) is 64.0 Å². The number of hydrogen-bond donors (Lipinski definition) is 1. The van der Waals surface area contributed by atoms with E-state index in [1.165, 1.54) is 22.9 Å². The minimum absolute atomic E-state index is 0.209. The first-order valence-corrected chi connectivity index (χ1v) is 8.72. The van der Waals surface area contributed by atoms with Crippen molar-refractivity contribution in [2.45, 2.75) is 13.3 Å². The zero-order chi connectivity index (χ0) is 19.4. The molecule has 0 bridgehead atoms. The number of carbonyl (C=O) groups is 1. The smallest absolute Gasteiger partial charge is 0.275 e. The summed E-state index contributed by atoms with van der Waals surface area (Å²) in [5, 5.41) is 7.33. The minimum atomic E-state index is -0.567. The second-order valence-corrected chi connectivity index (χ2v) is 6.40. The van der Waals surface area contributed by atoms with E-state index in [2.05, 4.69) is 10.4 Å². The zero-order valence-corrected chi connectivity index (χ0v) is 15.3. The number of para-hydroxylation sites is 1. The lowest BCUT2D eigenvalue weighted by Gasteiger charge is -2.12. The maximum atomic E-state index is 12.9. The van der Waals surface area contributed by atoms with E-state index in [1.807, 2.05) is 0 Å². The first kappa shape index (κ1) is 18.8. The monoisotopic (exact) mass is 385 g/mol. The number of aromatic nitrogens is 2. The van der Waals surface area contributed by atoms with Crippen LogP contribution in [0.15, 0.2) is 59.4 Å². The molecule has 3 aromatic rings. The predicted octanol–water partition coefficient (Wildman–Crippen LogP) is 3.31. The molecule has 0 fully saturated rings. The van der Waals surface area contributed by atoms with Crippen LogP contribution in [0.3, 0.4) is 0 Å². The average molecular weight is 386 g/mol. The molecule has 1 amide bonds. The van der Waals surface area contributed by atoms with E-state index >= 15 is 0 Å². The fraction of sp³-hybridized carbons (Fsp3) is 0.150. The lowest BCUT2D eigenvalue weighted by molar-refractivity contribution is 0.0946. The first-order chi connectivity index (χ1) is 13.0. The molecule has 0 atom stereocenters. The number of halogens is 2. The molecule has 1 aromatic heterocycles. The third kappa shape index (κ3) is 4.41. The molecule has 138 valence electrons. The van der Waals surface area contributed by atoms with Crippen LogP contribution in [-0.4, -0.2) is 22.2 Å². The Bertz CT molecular complexity index is 1030. The van der Waals surface area contributed by atoms with E-state index in [0.717, 1.165) is 5.56 Å². The van der Waals surface area contributed by atoms with Gasteiger partial charge in [-0.25, -0.2) is 9.07 Å². The standard InChI is InChI=1S/C20H17ClFN3O2/c1-13-12-18(26)19(24-25(13)17-5-3-2-4-16(17)21)20(27)23-11-10-14-6-8-15(22)9-7-14/h2-9,12H,10-11H2,1H3,(H,23,27).